The lowest BCUT2D eigenvalue weighted by Crippen LogP contribution is -2.48. The Morgan fingerprint density at radius 1 is 1.11 bits per heavy atom. The van der Waals surface area contributed by atoms with Crippen molar-refractivity contribution in [3.05, 3.63) is 106 Å². The Morgan fingerprint density at radius 2 is 1.91 bits per heavy atom. The molecular weight excluding hydrogens is 636 g/mol. The number of anilines is 2. The molecule has 45 heavy (non-hydrogen) atoms. The summed E-state index contributed by atoms with van der Waals surface area (Å²) in [5.41, 5.74) is 3.09. The van der Waals surface area contributed by atoms with Crippen molar-refractivity contribution in [2.45, 2.75) is 44.5 Å². The number of amides is 3. The number of hydrogen-bond acceptors (Lipinski definition) is 6. The van der Waals surface area contributed by atoms with Crippen molar-refractivity contribution in [1.29, 1.82) is 0 Å². The van der Waals surface area contributed by atoms with Gasteiger partial charge in [0.15, 0.2) is 5.60 Å². The van der Waals surface area contributed by atoms with Gasteiger partial charge >= 0.3 is 0 Å². The number of aliphatic hydroxyl groups excluding tert-OH is 1. The van der Waals surface area contributed by atoms with E-state index in [0.29, 0.717) is 37.3 Å². The summed E-state index contributed by atoms with van der Waals surface area (Å²) in [6.45, 7) is 3.88. The lowest BCUT2D eigenvalue weighted by Gasteiger charge is -2.36. The van der Waals surface area contributed by atoms with Crippen molar-refractivity contribution in [3.63, 3.8) is 0 Å². The minimum absolute atomic E-state index is 0.00343. The minimum atomic E-state index is -1.84. The molecule has 3 aliphatic rings. The number of halogens is 1. The first kappa shape index (κ1) is 31.2. The molecule has 1 fully saturated rings. The Bertz CT molecular complexity index is 1660. The summed E-state index contributed by atoms with van der Waals surface area (Å²) in [4.78, 5) is 44.9. The highest BCUT2D eigenvalue weighted by molar-refractivity contribution is 9.10. The van der Waals surface area contributed by atoms with Crippen LogP contribution >= 0.6 is 15.9 Å². The third-order valence-corrected chi connectivity index (χ3v) is 9.64. The van der Waals surface area contributed by atoms with Crippen LogP contribution in [-0.4, -0.2) is 65.1 Å². The Balaban J connectivity index is 1.20. The second-order valence-electron chi connectivity index (χ2n) is 12.0. The molecule has 3 heterocycles. The SMILES string of the molecule is C[C@@H](/C=C/CC(=O)N1Cc2ccccc2C[C@H]1CO)[C@]1(O)C(=O)N(Cc2cccc(N3CCNCC3=O)c2)c2ccc(Br)cc21. The highest BCUT2D eigenvalue weighted by Crippen LogP contribution is 2.47. The van der Waals surface area contributed by atoms with E-state index in [0.717, 1.165) is 26.9 Å². The number of carbonyl (C=O) groups is 3. The smallest absolute Gasteiger partial charge is 0.264 e. The molecule has 3 aromatic rings. The van der Waals surface area contributed by atoms with Crippen LogP contribution in [0.3, 0.4) is 0 Å². The van der Waals surface area contributed by atoms with E-state index < -0.39 is 17.4 Å². The third kappa shape index (κ3) is 5.95. The van der Waals surface area contributed by atoms with Gasteiger partial charge < -0.3 is 30.2 Å². The van der Waals surface area contributed by atoms with E-state index in [2.05, 4.69) is 21.2 Å². The minimum Gasteiger partial charge on any atom is -0.394 e. The molecule has 6 rings (SSSR count). The molecule has 234 valence electrons. The van der Waals surface area contributed by atoms with Gasteiger partial charge in [-0.2, -0.15) is 0 Å². The van der Waals surface area contributed by atoms with Crippen LogP contribution in [0.1, 0.15) is 35.6 Å². The lowest BCUT2D eigenvalue weighted by molar-refractivity contribution is -0.139. The predicted octanol–water partition coefficient (Wildman–Crippen LogP) is 3.65. The maximum Gasteiger partial charge on any atom is 0.264 e. The molecule has 10 heteroatoms. The van der Waals surface area contributed by atoms with Crippen molar-refractivity contribution in [2.75, 3.05) is 36.0 Å². The zero-order chi connectivity index (χ0) is 31.7. The van der Waals surface area contributed by atoms with Crippen LogP contribution in [0, 0.1) is 5.92 Å². The first-order valence-corrected chi connectivity index (χ1v) is 16.1. The summed E-state index contributed by atoms with van der Waals surface area (Å²) in [6.07, 6.45) is 4.12. The van der Waals surface area contributed by atoms with Crippen LogP contribution in [0.25, 0.3) is 0 Å². The predicted molar refractivity (Wildman–Crippen MR) is 175 cm³/mol. The van der Waals surface area contributed by atoms with Gasteiger partial charge in [0.2, 0.25) is 11.8 Å². The van der Waals surface area contributed by atoms with Gasteiger partial charge in [0.1, 0.15) is 0 Å². The van der Waals surface area contributed by atoms with Gasteiger partial charge in [-0.1, -0.05) is 71.4 Å². The lowest BCUT2D eigenvalue weighted by atomic mass is 9.83. The maximum atomic E-state index is 14.1. The van der Waals surface area contributed by atoms with Gasteiger partial charge in [0.25, 0.3) is 5.91 Å². The van der Waals surface area contributed by atoms with Crippen LogP contribution < -0.4 is 15.1 Å². The maximum absolute atomic E-state index is 14.1. The first-order valence-electron chi connectivity index (χ1n) is 15.3. The summed E-state index contributed by atoms with van der Waals surface area (Å²) in [5, 5.41) is 25.2. The molecule has 3 atom stereocenters. The number of benzene rings is 3. The average molecular weight is 674 g/mol. The summed E-state index contributed by atoms with van der Waals surface area (Å²) < 4.78 is 0.736. The monoisotopic (exact) mass is 672 g/mol. The van der Waals surface area contributed by atoms with Crippen molar-refractivity contribution in [2.24, 2.45) is 5.92 Å². The molecule has 9 nitrogen and oxygen atoms in total. The Morgan fingerprint density at radius 3 is 2.69 bits per heavy atom. The molecular formula is C35H37BrN4O5. The fourth-order valence-electron chi connectivity index (χ4n) is 6.63. The van der Waals surface area contributed by atoms with Gasteiger partial charge in [-0.25, -0.2) is 0 Å². The van der Waals surface area contributed by atoms with E-state index in [1.54, 1.807) is 39.8 Å². The van der Waals surface area contributed by atoms with E-state index in [1.807, 2.05) is 60.7 Å². The number of hydrogen-bond donors (Lipinski definition) is 3. The molecule has 0 aliphatic carbocycles. The van der Waals surface area contributed by atoms with Crippen LogP contribution in [0.5, 0.6) is 0 Å². The Hall–Kier alpha value is -3.83. The fourth-order valence-corrected chi connectivity index (χ4v) is 6.99. The number of nitrogens with zero attached hydrogens (tertiary/aromatic N) is 3. The van der Waals surface area contributed by atoms with Crippen molar-refractivity contribution in [3.8, 4) is 0 Å². The Kier molecular flexibility index (Phi) is 8.92. The zero-order valence-electron chi connectivity index (χ0n) is 25.2. The van der Waals surface area contributed by atoms with Crippen molar-refractivity contribution in [1.82, 2.24) is 10.2 Å². The molecule has 0 radical (unpaired) electrons. The molecule has 0 saturated carbocycles. The van der Waals surface area contributed by atoms with Crippen LogP contribution in [0.4, 0.5) is 11.4 Å². The number of piperazine rings is 1. The average Bonchev–Trinajstić information content (AvgIpc) is 3.26. The number of nitrogens with one attached hydrogen (secondary N) is 1. The molecule has 0 unspecified atom stereocenters. The third-order valence-electron chi connectivity index (χ3n) is 9.15. The van der Waals surface area contributed by atoms with Gasteiger partial charge in [-0.15, -0.1) is 0 Å². The molecule has 3 amide bonds. The van der Waals surface area contributed by atoms with Gasteiger partial charge in [-0.3, -0.25) is 14.4 Å². The molecule has 0 aromatic heterocycles. The van der Waals surface area contributed by atoms with Crippen LogP contribution in [-0.2, 0) is 39.5 Å². The zero-order valence-corrected chi connectivity index (χ0v) is 26.7. The largest absolute Gasteiger partial charge is 0.394 e. The van der Waals surface area contributed by atoms with E-state index >= 15 is 0 Å². The van der Waals surface area contributed by atoms with Gasteiger partial charge in [0, 0.05) is 47.7 Å². The van der Waals surface area contributed by atoms with Gasteiger partial charge in [-0.05, 0) is 53.4 Å². The summed E-state index contributed by atoms with van der Waals surface area (Å²) in [6, 6.07) is 20.7. The fraction of sp³-hybridized carbons (Fsp3) is 0.343. The van der Waals surface area contributed by atoms with E-state index in [-0.39, 0.29) is 44.0 Å². The summed E-state index contributed by atoms with van der Waals surface area (Å²) in [7, 11) is 0. The highest BCUT2D eigenvalue weighted by Gasteiger charge is 2.52. The summed E-state index contributed by atoms with van der Waals surface area (Å²) in [5.74, 6) is -1.22. The quantitative estimate of drug-likeness (QED) is 0.315. The highest BCUT2D eigenvalue weighted by atomic mass is 79.9. The van der Waals surface area contributed by atoms with E-state index in [4.69, 9.17) is 0 Å². The Labute approximate surface area is 271 Å². The number of fused-ring (bicyclic) bond motifs is 2. The van der Waals surface area contributed by atoms with E-state index in [9.17, 15) is 24.6 Å². The molecule has 3 aromatic carbocycles. The van der Waals surface area contributed by atoms with Crippen LogP contribution in [0.15, 0.2) is 83.4 Å². The van der Waals surface area contributed by atoms with Crippen molar-refractivity contribution < 1.29 is 24.6 Å². The van der Waals surface area contributed by atoms with Crippen molar-refractivity contribution >= 4 is 45.0 Å². The van der Waals surface area contributed by atoms with Gasteiger partial charge in [0.05, 0.1) is 31.4 Å². The molecule has 3 N–H and O–H groups in total. The second kappa shape index (κ2) is 12.9. The molecule has 0 spiro atoms. The number of rotatable bonds is 8. The number of carbonyl (C=O) groups excluding carboxylic acids is 3. The van der Waals surface area contributed by atoms with E-state index in [1.165, 1.54) is 0 Å². The normalized spacial score (nSPS) is 22.1. The molecule has 3 aliphatic heterocycles. The molecule has 1 saturated heterocycles. The first-order chi connectivity index (χ1) is 21.7. The second-order valence-corrected chi connectivity index (χ2v) is 12.9. The standard InChI is InChI=1S/C35H37BrN4O5/c1-23(6-4-11-32(42)39-21-26-9-3-2-8-25(26)17-29(39)22-41)35(45)30-18-27(36)12-13-31(30)40(34(35)44)20-24-7-5-10-28(16-24)38-15-14-37-19-33(38)43/h2-10,12-13,16,18,23,29,37,41,45H,11,14-15,17,19-22H2,1H3/b6-4+/t23-,29-,35+/m0/s1. The summed E-state index contributed by atoms with van der Waals surface area (Å²) >= 11 is 3.50. The topological polar surface area (TPSA) is 113 Å². The van der Waals surface area contributed by atoms with Crippen LogP contribution in [0.2, 0.25) is 0 Å². The molecule has 0 bridgehead atoms. The number of aliphatic hydroxyl groups is 2.